The van der Waals surface area contributed by atoms with E-state index in [-0.39, 0.29) is 12.5 Å². The lowest BCUT2D eigenvalue weighted by molar-refractivity contribution is -0.147. The van der Waals surface area contributed by atoms with Crippen LogP contribution in [0.1, 0.15) is 23.7 Å². The minimum atomic E-state index is -0.876. The van der Waals surface area contributed by atoms with Crippen molar-refractivity contribution in [3.8, 4) is 5.69 Å². The van der Waals surface area contributed by atoms with Crippen LogP contribution in [0.25, 0.3) is 5.69 Å². The second-order valence-electron chi connectivity index (χ2n) is 6.00. The van der Waals surface area contributed by atoms with Gasteiger partial charge in [-0.25, -0.2) is 4.68 Å². The Hall–Kier alpha value is -2.34. The number of aliphatic carboxylic acids is 1. The van der Waals surface area contributed by atoms with E-state index in [1.54, 1.807) is 40.9 Å². The third-order valence-electron chi connectivity index (χ3n) is 4.18. The Morgan fingerprint density at radius 2 is 2.17 bits per heavy atom. The van der Waals surface area contributed by atoms with Crippen LogP contribution in [-0.4, -0.2) is 44.8 Å². The molecule has 23 heavy (non-hydrogen) atoms. The first kappa shape index (κ1) is 15.6. The Labute approximate surface area is 138 Å². The molecule has 1 N–H and O–H groups in total. The summed E-state index contributed by atoms with van der Waals surface area (Å²) in [4.78, 5) is 25.4. The highest BCUT2D eigenvalue weighted by molar-refractivity contribution is 6.30. The number of likely N-dealkylation sites (tertiary alicyclic amines) is 1. The van der Waals surface area contributed by atoms with E-state index in [0.717, 1.165) is 5.69 Å². The maximum atomic E-state index is 12.5. The lowest BCUT2D eigenvalue weighted by Gasteiger charge is -2.19. The fraction of sp³-hybridized carbons (Fsp3) is 0.312. The van der Waals surface area contributed by atoms with Gasteiger partial charge in [0.05, 0.1) is 22.9 Å². The molecule has 7 heteroatoms. The standard InChI is InChI=1S/C16H16ClN3O3/c1-16(15(22)23)5-6-19(10-16)14(21)11-8-18-20(9-11)13-4-2-3-12(17)7-13/h2-4,7-9H,5-6,10H2,1H3,(H,22,23)/t16-/m0/s1. The van der Waals surface area contributed by atoms with Crippen molar-refractivity contribution in [2.45, 2.75) is 13.3 Å². The molecule has 0 radical (unpaired) electrons. The number of carbonyl (C=O) groups excluding carboxylic acids is 1. The summed E-state index contributed by atoms with van der Waals surface area (Å²) in [5, 5.41) is 14.0. The quantitative estimate of drug-likeness (QED) is 0.936. The van der Waals surface area contributed by atoms with E-state index in [0.29, 0.717) is 23.6 Å². The van der Waals surface area contributed by atoms with Crippen molar-refractivity contribution in [3.05, 3.63) is 47.2 Å². The smallest absolute Gasteiger partial charge is 0.311 e. The van der Waals surface area contributed by atoms with Crippen LogP contribution >= 0.6 is 11.6 Å². The van der Waals surface area contributed by atoms with Crippen molar-refractivity contribution >= 4 is 23.5 Å². The molecule has 0 spiro atoms. The third-order valence-corrected chi connectivity index (χ3v) is 4.41. The molecule has 1 aliphatic heterocycles. The van der Waals surface area contributed by atoms with E-state index in [1.807, 2.05) is 6.07 Å². The second kappa shape index (κ2) is 5.70. The second-order valence-corrected chi connectivity index (χ2v) is 6.43. The highest BCUT2D eigenvalue weighted by Gasteiger charge is 2.42. The molecular formula is C16H16ClN3O3. The van der Waals surface area contributed by atoms with Gasteiger partial charge < -0.3 is 10.0 Å². The maximum Gasteiger partial charge on any atom is 0.311 e. The number of nitrogens with zero attached hydrogens (tertiary/aromatic N) is 3. The van der Waals surface area contributed by atoms with E-state index in [4.69, 9.17) is 11.6 Å². The van der Waals surface area contributed by atoms with Crippen LogP contribution in [0.5, 0.6) is 0 Å². The monoisotopic (exact) mass is 333 g/mol. The minimum Gasteiger partial charge on any atom is -0.481 e. The molecule has 1 amide bonds. The van der Waals surface area contributed by atoms with Crippen LogP contribution in [0.3, 0.4) is 0 Å². The molecule has 0 unspecified atom stereocenters. The number of aromatic nitrogens is 2. The van der Waals surface area contributed by atoms with Crippen LogP contribution in [0, 0.1) is 5.41 Å². The summed E-state index contributed by atoms with van der Waals surface area (Å²) in [7, 11) is 0. The Morgan fingerprint density at radius 3 is 2.83 bits per heavy atom. The number of rotatable bonds is 3. The van der Waals surface area contributed by atoms with Gasteiger partial charge in [0.15, 0.2) is 0 Å². The summed E-state index contributed by atoms with van der Waals surface area (Å²) in [5.74, 6) is -1.08. The largest absolute Gasteiger partial charge is 0.481 e. The van der Waals surface area contributed by atoms with E-state index in [9.17, 15) is 14.7 Å². The number of carboxylic acids is 1. The molecule has 1 aliphatic rings. The average molecular weight is 334 g/mol. The molecule has 1 aromatic heterocycles. The fourth-order valence-electron chi connectivity index (χ4n) is 2.68. The zero-order chi connectivity index (χ0) is 16.6. The fourth-order valence-corrected chi connectivity index (χ4v) is 2.87. The summed E-state index contributed by atoms with van der Waals surface area (Å²) in [6.07, 6.45) is 3.57. The van der Waals surface area contributed by atoms with Crippen molar-refractivity contribution in [1.29, 1.82) is 0 Å². The summed E-state index contributed by atoms with van der Waals surface area (Å²) >= 11 is 5.96. The number of hydrogen-bond acceptors (Lipinski definition) is 3. The van der Waals surface area contributed by atoms with E-state index < -0.39 is 11.4 Å². The molecular weight excluding hydrogens is 318 g/mol. The van der Waals surface area contributed by atoms with Crippen LogP contribution < -0.4 is 0 Å². The summed E-state index contributed by atoms with van der Waals surface area (Å²) in [6.45, 7) is 2.31. The molecule has 0 saturated carbocycles. The maximum absolute atomic E-state index is 12.5. The molecule has 1 fully saturated rings. The van der Waals surface area contributed by atoms with E-state index in [1.165, 1.54) is 6.20 Å². The van der Waals surface area contributed by atoms with Crippen LogP contribution in [0.15, 0.2) is 36.7 Å². The summed E-state index contributed by atoms with van der Waals surface area (Å²) in [6, 6.07) is 7.15. The molecule has 1 atom stereocenters. The van der Waals surface area contributed by atoms with Gasteiger partial charge in [0.25, 0.3) is 5.91 Å². The number of amides is 1. The highest BCUT2D eigenvalue weighted by Crippen LogP contribution is 2.31. The molecule has 6 nitrogen and oxygen atoms in total. The summed E-state index contributed by atoms with van der Waals surface area (Å²) in [5.41, 5.74) is 0.312. The normalized spacial score (nSPS) is 20.7. The zero-order valence-corrected chi connectivity index (χ0v) is 13.3. The predicted molar refractivity (Wildman–Crippen MR) is 84.8 cm³/mol. The van der Waals surface area contributed by atoms with Crippen LogP contribution in [0.4, 0.5) is 0 Å². The van der Waals surface area contributed by atoms with Gasteiger partial charge in [0, 0.05) is 24.3 Å². The number of carboxylic acid groups (broad SMARTS) is 1. The zero-order valence-electron chi connectivity index (χ0n) is 12.6. The van der Waals surface area contributed by atoms with Gasteiger partial charge in [-0.05, 0) is 31.5 Å². The number of benzene rings is 1. The third kappa shape index (κ3) is 2.94. The molecule has 2 aromatic rings. The topological polar surface area (TPSA) is 75.4 Å². The Morgan fingerprint density at radius 1 is 1.39 bits per heavy atom. The van der Waals surface area contributed by atoms with Crippen molar-refractivity contribution in [2.75, 3.05) is 13.1 Å². The molecule has 0 aliphatic carbocycles. The van der Waals surface area contributed by atoms with E-state index >= 15 is 0 Å². The minimum absolute atomic E-state index is 0.205. The first-order chi connectivity index (χ1) is 10.9. The summed E-state index contributed by atoms with van der Waals surface area (Å²) < 4.78 is 1.57. The van der Waals surface area contributed by atoms with Crippen molar-refractivity contribution in [2.24, 2.45) is 5.41 Å². The lowest BCUT2D eigenvalue weighted by atomic mass is 9.90. The number of halogens is 1. The first-order valence-corrected chi connectivity index (χ1v) is 7.60. The van der Waals surface area contributed by atoms with Crippen LogP contribution in [0.2, 0.25) is 5.02 Å². The highest BCUT2D eigenvalue weighted by atomic mass is 35.5. The SMILES string of the molecule is C[C@]1(C(=O)O)CCN(C(=O)c2cnn(-c3cccc(Cl)c3)c2)C1. The average Bonchev–Trinajstić information content (AvgIpc) is 3.14. The van der Waals surface area contributed by atoms with Gasteiger partial charge in [-0.2, -0.15) is 5.10 Å². The Kier molecular flexibility index (Phi) is 3.85. The van der Waals surface area contributed by atoms with Crippen molar-refractivity contribution in [1.82, 2.24) is 14.7 Å². The number of hydrogen-bond donors (Lipinski definition) is 1. The first-order valence-electron chi connectivity index (χ1n) is 7.22. The van der Waals surface area contributed by atoms with E-state index in [2.05, 4.69) is 5.10 Å². The lowest BCUT2D eigenvalue weighted by Crippen LogP contribution is -2.34. The molecule has 1 aromatic carbocycles. The van der Waals surface area contributed by atoms with Crippen molar-refractivity contribution < 1.29 is 14.7 Å². The van der Waals surface area contributed by atoms with Gasteiger partial charge in [-0.1, -0.05) is 17.7 Å². The predicted octanol–water partition coefficient (Wildman–Crippen LogP) is 2.46. The van der Waals surface area contributed by atoms with Gasteiger partial charge in [-0.3, -0.25) is 9.59 Å². The molecule has 3 rings (SSSR count). The molecule has 2 heterocycles. The van der Waals surface area contributed by atoms with Gasteiger partial charge >= 0.3 is 5.97 Å². The number of carbonyl (C=O) groups is 2. The van der Waals surface area contributed by atoms with Crippen molar-refractivity contribution in [3.63, 3.8) is 0 Å². The molecule has 120 valence electrons. The Bertz CT molecular complexity index is 773. The van der Waals surface area contributed by atoms with Gasteiger partial charge in [0.1, 0.15) is 0 Å². The molecule has 0 bridgehead atoms. The molecule has 1 saturated heterocycles. The van der Waals surface area contributed by atoms with Gasteiger partial charge in [-0.15, -0.1) is 0 Å². The Balaban J connectivity index is 1.79. The van der Waals surface area contributed by atoms with Gasteiger partial charge in [0.2, 0.25) is 0 Å². The van der Waals surface area contributed by atoms with Crippen LogP contribution in [-0.2, 0) is 4.79 Å².